The Hall–Kier alpha value is -2.38. The Morgan fingerprint density at radius 2 is 1.63 bits per heavy atom. The Labute approximate surface area is 166 Å². The lowest BCUT2D eigenvalue weighted by Gasteiger charge is -2.10. The van der Waals surface area contributed by atoms with Crippen molar-refractivity contribution in [2.24, 2.45) is 0 Å². The highest BCUT2D eigenvalue weighted by Gasteiger charge is 2.13. The summed E-state index contributed by atoms with van der Waals surface area (Å²) in [5.41, 5.74) is 0.774. The molecular weight excluding hydrogens is 416 g/mol. The molecule has 0 saturated heterocycles. The summed E-state index contributed by atoms with van der Waals surface area (Å²) >= 11 is 3.37. The lowest BCUT2D eigenvalue weighted by atomic mass is 10.2. The van der Waals surface area contributed by atoms with E-state index in [9.17, 15) is 9.59 Å². The minimum absolute atomic E-state index is 0.337. The second-order valence-corrected chi connectivity index (χ2v) is 6.39. The lowest BCUT2D eigenvalue weighted by molar-refractivity contribution is 0.0505. The second-order valence-electron chi connectivity index (χ2n) is 5.54. The molecule has 0 fully saturated rings. The molecule has 27 heavy (non-hydrogen) atoms. The standard InChI is InChI=1S/C20H21BrO6/c1-3-10-26-19(22)14-4-7-16(8-5-14)27-20(23)15-6-9-18(17(21)13-15)25-12-11-24-2/h4-9,13H,3,10-12H2,1-2H3. The van der Waals surface area contributed by atoms with Crippen LogP contribution < -0.4 is 9.47 Å². The first kappa shape index (κ1) is 20.9. The predicted molar refractivity (Wildman–Crippen MR) is 103 cm³/mol. The molecule has 0 aliphatic rings. The van der Waals surface area contributed by atoms with Crippen molar-refractivity contribution < 1.29 is 28.5 Å². The molecule has 0 bridgehead atoms. The molecule has 144 valence electrons. The summed E-state index contributed by atoms with van der Waals surface area (Å²) in [5, 5.41) is 0. The van der Waals surface area contributed by atoms with Crippen LogP contribution in [0.4, 0.5) is 0 Å². The van der Waals surface area contributed by atoms with E-state index in [1.54, 1.807) is 49.6 Å². The summed E-state index contributed by atoms with van der Waals surface area (Å²) in [6.45, 7) is 3.17. The molecule has 0 aliphatic carbocycles. The molecule has 6 nitrogen and oxygen atoms in total. The predicted octanol–water partition coefficient (Wildman–Crippen LogP) is 4.26. The third-order valence-corrected chi connectivity index (χ3v) is 4.07. The molecule has 0 spiro atoms. The second kappa shape index (κ2) is 10.7. The van der Waals surface area contributed by atoms with Gasteiger partial charge in [-0.2, -0.15) is 0 Å². The maximum absolute atomic E-state index is 12.3. The monoisotopic (exact) mass is 436 g/mol. The minimum atomic E-state index is -0.513. The maximum Gasteiger partial charge on any atom is 0.343 e. The van der Waals surface area contributed by atoms with Crippen molar-refractivity contribution in [3.8, 4) is 11.5 Å². The summed E-state index contributed by atoms with van der Waals surface area (Å²) in [7, 11) is 1.60. The highest BCUT2D eigenvalue weighted by molar-refractivity contribution is 9.10. The van der Waals surface area contributed by atoms with Gasteiger partial charge in [0.05, 0.1) is 28.8 Å². The molecule has 0 amide bonds. The van der Waals surface area contributed by atoms with Gasteiger partial charge in [0.25, 0.3) is 0 Å². The number of halogens is 1. The molecule has 2 aromatic carbocycles. The third kappa shape index (κ3) is 6.37. The fourth-order valence-electron chi connectivity index (χ4n) is 2.08. The van der Waals surface area contributed by atoms with Crippen molar-refractivity contribution in [3.63, 3.8) is 0 Å². The van der Waals surface area contributed by atoms with Crippen LogP contribution in [0.15, 0.2) is 46.9 Å². The van der Waals surface area contributed by atoms with E-state index in [1.165, 1.54) is 0 Å². The summed E-state index contributed by atoms with van der Waals surface area (Å²) in [6.07, 6.45) is 0.757. The number of ether oxygens (including phenoxy) is 4. The number of hydrogen-bond donors (Lipinski definition) is 0. The number of rotatable bonds is 9. The van der Waals surface area contributed by atoms with Gasteiger partial charge in [0.2, 0.25) is 0 Å². The van der Waals surface area contributed by atoms with Gasteiger partial charge in [0.1, 0.15) is 18.1 Å². The van der Waals surface area contributed by atoms with Crippen molar-refractivity contribution in [1.82, 2.24) is 0 Å². The summed E-state index contributed by atoms with van der Waals surface area (Å²) < 4.78 is 21.5. The fourth-order valence-corrected chi connectivity index (χ4v) is 2.58. The first-order valence-electron chi connectivity index (χ1n) is 8.45. The summed E-state index contributed by atoms with van der Waals surface area (Å²) in [4.78, 5) is 24.1. The van der Waals surface area contributed by atoms with Gasteiger partial charge in [-0.25, -0.2) is 9.59 Å². The topological polar surface area (TPSA) is 71.1 Å². The third-order valence-electron chi connectivity index (χ3n) is 3.45. The Morgan fingerprint density at radius 1 is 0.926 bits per heavy atom. The molecule has 0 unspecified atom stereocenters. The first-order chi connectivity index (χ1) is 13.0. The van der Waals surface area contributed by atoms with Crippen LogP contribution in [-0.2, 0) is 9.47 Å². The molecule has 0 atom stereocenters. The molecule has 2 rings (SSSR count). The summed E-state index contributed by atoms with van der Waals surface area (Å²) in [5.74, 6) is 0.0327. The first-order valence-corrected chi connectivity index (χ1v) is 9.25. The van der Waals surface area contributed by atoms with Crippen LogP contribution in [0.3, 0.4) is 0 Å². The maximum atomic E-state index is 12.3. The van der Waals surface area contributed by atoms with Crippen molar-refractivity contribution in [1.29, 1.82) is 0 Å². The van der Waals surface area contributed by atoms with E-state index in [1.807, 2.05) is 6.92 Å². The fraction of sp³-hybridized carbons (Fsp3) is 0.300. The van der Waals surface area contributed by atoms with E-state index in [0.29, 0.717) is 46.9 Å². The van der Waals surface area contributed by atoms with E-state index in [0.717, 1.165) is 6.42 Å². The lowest BCUT2D eigenvalue weighted by Crippen LogP contribution is -2.10. The van der Waals surface area contributed by atoms with E-state index >= 15 is 0 Å². The average molecular weight is 437 g/mol. The van der Waals surface area contributed by atoms with Crippen molar-refractivity contribution >= 4 is 27.9 Å². The Bertz CT molecular complexity index is 773. The number of carbonyl (C=O) groups excluding carboxylic acids is 2. The zero-order valence-corrected chi connectivity index (χ0v) is 16.8. The molecule has 0 aliphatic heterocycles. The molecule has 0 radical (unpaired) electrons. The number of carbonyl (C=O) groups is 2. The number of hydrogen-bond acceptors (Lipinski definition) is 6. The van der Waals surface area contributed by atoms with E-state index < -0.39 is 11.9 Å². The van der Waals surface area contributed by atoms with Crippen LogP contribution in [0.25, 0.3) is 0 Å². The molecule has 0 heterocycles. The largest absolute Gasteiger partial charge is 0.490 e. The summed E-state index contributed by atoms with van der Waals surface area (Å²) in [6, 6.07) is 11.2. The zero-order valence-electron chi connectivity index (χ0n) is 15.2. The smallest absolute Gasteiger partial charge is 0.343 e. The molecule has 0 aromatic heterocycles. The molecule has 2 aromatic rings. The van der Waals surface area contributed by atoms with Crippen LogP contribution >= 0.6 is 15.9 Å². The van der Waals surface area contributed by atoms with Crippen LogP contribution in [0.1, 0.15) is 34.1 Å². The van der Waals surface area contributed by atoms with Gasteiger partial charge >= 0.3 is 11.9 Å². The molecule has 0 N–H and O–H groups in total. The van der Waals surface area contributed by atoms with E-state index in [4.69, 9.17) is 18.9 Å². The van der Waals surface area contributed by atoms with Gasteiger partial charge < -0.3 is 18.9 Å². The number of benzene rings is 2. The Balaban J connectivity index is 1.98. The van der Waals surface area contributed by atoms with E-state index in [2.05, 4.69) is 15.9 Å². The molecular formula is C20H21BrO6. The van der Waals surface area contributed by atoms with Crippen molar-refractivity contribution in [2.75, 3.05) is 26.9 Å². The highest BCUT2D eigenvalue weighted by Crippen LogP contribution is 2.26. The zero-order chi connectivity index (χ0) is 19.6. The van der Waals surface area contributed by atoms with Crippen LogP contribution in [0, 0.1) is 0 Å². The average Bonchev–Trinajstić information content (AvgIpc) is 2.68. The highest BCUT2D eigenvalue weighted by atomic mass is 79.9. The van der Waals surface area contributed by atoms with Crippen LogP contribution in [-0.4, -0.2) is 38.9 Å². The minimum Gasteiger partial charge on any atom is -0.490 e. The van der Waals surface area contributed by atoms with Crippen LogP contribution in [0.2, 0.25) is 0 Å². The normalized spacial score (nSPS) is 10.3. The van der Waals surface area contributed by atoms with Gasteiger partial charge in [-0.3, -0.25) is 0 Å². The van der Waals surface area contributed by atoms with E-state index in [-0.39, 0.29) is 0 Å². The van der Waals surface area contributed by atoms with Crippen LogP contribution in [0.5, 0.6) is 11.5 Å². The van der Waals surface area contributed by atoms with Gasteiger partial charge in [0.15, 0.2) is 0 Å². The van der Waals surface area contributed by atoms with Crippen molar-refractivity contribution in [2.45, 2.75) is 13.3 Å². The van der Waals surface area contributed by atoms with Gasteiger partial charge in [-0.1, -0.05) is 6.92 Å². The SMILES string of the molecule is CCCOC(=O)c1ccc(OC(=O)c2ccc(OCCOC)c(Br)c2)cc1. The number of esters is 2. The van der Waals surface area contributed by atoms with Crippen molar-refractivity contribution in [3.05, 3.63) is 58.1 Å². The van der Waals surface area contributed by atoms with Gasteiger partial charge in [0, 0.05) is 7.11 Å². The molecule has 7 heteroatoms. The Kier molecular flexibility index (Phi) is 8.29. The quantitative estimate of drug-likeness (QED) is 0.332. The molecule has 0 saturated carbocycles. The van der Waals surface area contributed by atoms with Gasteiger partial charge in [-0.15, -0.1) is 0 Å². The Morgan fingerprint density at radius 3 is 2.26 bits per heavy atom. The number of methoxy groups -OCH3 is 1. The van der Waals surface area contributed by atoms with Gasteiger partial charge in [-0.05, 0) is 64.8 Å².